The first kappa shape index (κ1) is 14.6. The van der Waals surface area contributed by atoms with Crippen molar-refractivity contribution in [1.29, 1.82) is 0 Å². The van der Waals surface area contributed by atoms with E-state index in [9.17, 15) is 10.1 Å². The van der Waals surface area contributed by atoms with E-state index in [1.54, 1.807) is 29.2 Å². The fourth-order valence-electron chi connectivity index (χ4n) is 2.09. The van der Waals surface area contributed by atoms with Crippen molar-refractivity contribution in [3.8, 4) is 0 Å². The van der Waals surface area contributed by atoms with Crippen LogP contribution in [0.4, 0.5) is 5.69 Å². The first-order chi connectivity index (χ1) is 11.2. The lowest BCUT2D eigenvalue weighted by Gasteiger charge is -2.05. The topological polar surface area (TPSA) is 77.2 Å². The molecule has 0 aliphatic carbocycles. The van der Waals surface area contributed by atoms with Gasteiger partial charge in [0.15, 0.2) is 0 Å². The zero-order chi connectivity index (χ0) is 16.1. The van der Waals surface area contributed by atoms with E-state index in [1.165, 1.54) is 12.1 Å². The standard InChI is InChI=1S/C16H14N5O2/c22-21(23)15-6-4-14(5-7-15)13-19-11-8-17-12-16(19)18-20-9-2-1-3-10-20/h1-12H,13H2/q+1/b18-16+. The quantitative estimate of drug-likeness (QED) is 0.416. The Hall–Kier alpha value is -3.35. The first-order valence-electron chi connectivity index (χ1n) is 6.97. The monoisotopic (exact) mass is 308 g/mol. The zero-order valence-electron chi connectivity index (χ0n) is 12.2. The molecule has 114 valence electrons. The Kier molecular flexibility index (Phi) is 4.19. The second-order valence-electron chi connectivity index (χ2n) is 4.84. The molecule has 0 aliphatic rings. The molecule has 2 aromatic heterocycles. The summed E-state index contributed by atoms with van der Waals surface area (Å²) in [6.45, 7) is 0.548. The summed E-state index contributed by atoms with van der Waals surface area (Å²) in [7, 11) is 0. The molecule has 2 heterocycles. The minimum Gasteiger partial charge on any atom is -0.321 e. The normalized spacial score (nSPS) is 11.4. The van der Waals surface area contributed by atoms with Crippen LogP contribution in [0.5, 0.6) is 0 Å². The second kappa shape index (κ2) is 6.61. The van der Waals surface area contributed by atoms with Gasteiger partial charge in [0.05, 0.1) is 11.1 Å². The molecule has 7 heteroatoms. The number of nitro benzene ring substituents is 1. The first-order valence-corrected chi connectivity index (χ1v) is 6.97. The maximum absolute atomic E-state index is 10.7. The molecule has 23 heavy (non-hydrogen) atoms. The zero-order valence-corrected chi connectivity index (χ0v) is 12.2. The summed E-state index contributed by atoms with van der Waals surface area (Å²) in [6.07, 6.45) is 8.85. The lowest BCUT2D eigenvalue weighted by molar-refractivity contribution is -0.683. The summed E-state index contributed by atoms with van der Waals surface area (Å²) < 4.78 is 3.62. The van der Waals surface area contributed by atoms with Crippen LogP contribution < -0.4 is 10.2 Å². The maximum atomic E-state index is 10.7. The van der Waals surface area contributed by atoms with E-state index in [-0.39, 0.29) is 5.69 Å². The van der Waals surface area contributed by atoms with Gasteiger partial charge in [-0.25, -0.2) is 0 Å². The van der Waals surface area contributed by atoms with Gasteiger partial charge in [-0.2, -0.15) is 0 Å². The van der Waals surface area contributed by atoms with E-state index in [0.717, 1.165) is 5.56 Å². The van der Waals surface area contributed by atoms with Crippen LogP contribution in [0.1, 0.15) is 5.56 Å². The predicted molar refractivity (Wildman–Crippen MR) is 82.0 cm³/mol. The Bertz CT molecular complexity index is 873. The molecule has 0 atom stereocenters. The third kappa shape index (κ3) is 3.65. The number of pyridine rings is 1. The van der Waals surface area contributed by atoms with Crippen LogP contribution >= 0.6 is 0 Å². The molecule has 0 fully saturated rings. The number of rotatable bonds is 4. The lowest BCUT2D eigenvalue weighted by atomic mass is 10.2. The number of hydrogen-bond acceptors (Lipinski definition) is 4. The summed E-state index contributed by atoms with van der Waals surface area (Å²) in [4.78, 5) is 14.4. The van der Waals surface area contributed by atoms with E-state index < -0.39 is 4.92 Å². The van der Waals surface area contributed by atoms with Crippen molar-refractivity contribution in [2.45, 2.75) is 6.54 Å². The van der Waals surface area contributed by atoms with Gasteiger partial charge in [0.25, 0.3) is 5.69 Å². The predicted octanol–water partition coefficient (Wildman–Crippen LogP) is 1.49. The smallest absolute Gasteiger partial charge is 0.269 e. The Morgan fingerprint density at radius 2 is 1.91 bits per heavy atom. The van der Waals surface area contributed by atoms with E-state index >= 15 is 0 Å². The molecular formula is C16H14N5O2+. The highest BCUT2D eigenvalue weighted by atomic mass is 16.6. The molecule has 0 N–H and O–H groups in total. The maximum Gasteiger partial charge on any atom is 0.269 e. The molecule has 3 rings (SSSR count). The molecule has 0 amide bonds. The van der Waals surface area contributed by atoms with E-state index in [0.29, 0.717) is 12.0 Å². The van der Waals surface area contributed by atoms with Gasteiger partial charge < -0.3 is 4.57 Å². The lowest BCUT2D eigenvalue weighted by Crippen LogP contribution is -2.34. The van der Waals surface area contributed by atoms with Crippen molar-refractivity contribution >= 4 is 5.69 Å². The molecule has 7 nitrogen and oxygen atoms in total. The highest BCUT2D eigenvalue weighted by Gasteiger charge is 2.05. The van der Waals surface area contributed by atoms with Gasteiger partial charge in [-0.15, -0.1) is 0 Å². The average Bonchev–Trinajstić information content (AvgIpc) is 2.58. The Balaban J connectivity index is 1.92. The molecule has 0 radical (unpaired) electrons. The number of aromatic nitrogens is 3. The van der Waals surface area contributed by atoms with Crippen molar-refractivity contribution in [3.05, 3.63) is 94.6 Å². The van der Waals surface area contributed by atoms with Crippen molar-refractivity contribution < 1.29 is 9.60 Å². The summed E-state index contributed by atoms with van der Waals surface area (Å²) in [6, 6.07) is 12.2. The second-order valence-corrected chi connectivity index (χ2v) is 4.84. The highest BCUT2D eigenvalue weighted by Crippen LogP contribution is 2.12. The molecule has 0 aliphatic heterocycles. The number of benzene rings is 1. The Morgan fingerprint density at radius 3 is 2.61 bits per heavy atom. The van der Waals surface area contributed by atoms with Gasteiger partial charge in [0.1, 0.15) is 0 Å². The van der Waals surface area contributed by atoms with Gasteiger partial charge in [-0.05, 0) is 5.56 Å². The highest BCUT2D eigenvalue weighted by molar-refractivity contribution is 5.32. The molecule has 0 saturated heterocycles. The molecule has 0 unspecified atom stereocenters. The Labute approximate surface area is 132 Å². The van der Waals surface area contributed by atoms with Crippen LogP contribution in [0.25, 0.3) is 0 Å². The third-order valence-electron chi connectivity index (χ3n) is 3.23. The van der Waals surface area contributed by atoms with Crippen LogP contribution in [0, 0.1) is 10.1 Å². The summed E-state index contributed by atoms with van der Waals surface area (Å²) in [5.41, 5.74) is 1.71. The minimum absolute atomic E-state index is 0.0817. The number of non-ortho nitro benzene ring substituents is 1. The van der Waals surface area contributed by atoms with Crippen molar-refractivity contribution in [1.82, 2.24) is 9.55 Å². The Morgan fingerprint density at radius 1 is 1.17 bits per heavy atom. The number of nitro groups is 1. The van der Waals surface area contributed by atoms with Crippen LogP contribution in [0.2, 0.25) is 0 Å². The van der Waals surface area contributed by atoms with Gasteiger partial charge in [-0.3, -0.25) is 15.1 Å². The molecule has 1 aromatic carbocycles. The largest absolute Gasteiger partial charge is 0.321 e. The van der Waals surface area contributed by atoms with Crippen LogP contribution in [0.15, 0.2) is 78.6 Å². The molecule has 0 spiro atoms. The molecular weight excluding hydrogens is 294 g/mol. The van der Waals surface area contributed by atoms with E-state index in [2.05, 4.69) is 10.1 Å². The van der Waals surface area contributed by atoms with Crippen LogP contribution in [-0.2, 0) is 6.54 Å². The molecule has 0 bridgehead atoms. The van der Waals surface area contributed by atoms with E-state index in [1.807, 2.05) is 41.4 Å². The fraction of sp³-hybridized carbons (Fsp3) is 0.0625. The van der Waals surface area contributed by atoms with Gasteiger partial charge in [0, 0.05) is 48.3 Å². The van der Waals surface area contributed by atoms with Crippen molar-refractivity contribution in [2.75, 3.05) is 0 Å². The molecule has 3 aromatic rings. The van der Waals surface area contributed by atoms with Gasteiger partial charge in [-0.1, -0.05) is 22.9 Å². The number of hydrogen-bond donors (Lipinski definition) is 0. The van der Waals surface area contributed by atoms with Crippen LogP contribution in [0.3, 0.4) is 0 Å². The SMILES string of the molecule is O=[N+]([O-])c1ccc(Cn2ccnc/c2=N\[n+]2ccccc2)cc1. The van der Waals surface area contributed by atoms with Crippen molar-refractivity contribution in [3.63, 3.8) is 0 Å². The minimum atomic E-state index is -0.407. The summed E-state index contributed by atoms with van der Waals surface area (Å²) in [5.74, 6) is 0. The summed E-state index contributed by atoms with van der Waals surface area (Å²) in [5, 5.41) is 15.2. The fourth-order valence-corrected chi connectivity index (χ4v) is 2.09. The number of nitrogens with zero attached hydrogens (tertiary/aromatic N) is 5. The third-order valence-corrected chi connectivity index (χ3v) is 3.23. The molecule has 0 saturated carbocycles. The van der Waals surface area contributed by atoms with Gasteiger partial charge in [0.2, 0.25) is 17.9 Å². The van der Waals surface area contributed by atoms with Crippen molar-refractivity contribution in [2.24, 2.45) is 5.10 Å². The summed E-state index contributed by atoms with van der Waals surface area (Å²) >= 11 is 0. The average molecular weight is 308 g/mol. The van der Waals surface area contributed by atoms with E-state index in [4.69, 9.17) is 0 Å². The van der Waals surface area contributed by atoms with Gasteiger partial charge >= 0.3 is 0 Å². The van der Waals surface area contributed by atoms with Crippen LogP contribution in [-0.4, -0.2) is 14.5 Å².